The van der Waals surface area contributed by atoms with Gasteiger partial charge in [-0.05, 0) is 48.8 Å². The van der Waals surface area contributed by atoms with Gasteiger partial charge < -0.3 is 16.0 Å². The number of rotatable bonds is 7. The molecule has 2 aliphatic rings. The molecule has 148 valence electrons. The first kappa shape index (κ1) is 20.2. The zero-order valence-corrected chi connectivity index (χ0v) is 16.9. The van der Waals surface area contributed by atoms with E-state index in [0.29, 0.717) is 19.4 Å². The first-order valence-electron chi connectivity index (χ1n) is 10.1. The third-order valence-electron chi connectivity index (χ3n) is 5.59. The van der Waals surface area contributed by atoms with Crippen LogP contribution in [0.15, 0.2) is 24.3 Å². The maximum atomic E-state index is 12.8. The van der Waals surface area contributed by atoms with Crippen molar-refractivity contribution in [2.45, 2.75) is 69.6 Å². The summed E-state index contributed by atoms with van der Waals surface area (Å²) in [5, 5.41) is 9.49. The smallest absolute Gasteiger partial charge is 0.242 e. The molecule has 2 atom stereocenters. The summed E-state index contributed by atoms with van der Waals surface area (Å²) in [6.07, 6.45) is 9.07. The predicted molar refractivity (Wildman–Crippen MR) is 111 cm³/mol. The summed E-state index contributed by atoms with van der Waals surface area (Å²) in [7, 11) is 0. The fourth-order valence-electron chi connectivity index (χ4n) is 3.97. The summed E-state index contributed by atoms with van der Waals surface area (Å²) in [5.74, 6) is 0.749. The van der Waals surface area contributed by atoms with Crippen molar-refractivity contribution in [2.24, 2.45) is 0 Å². The summed E-state index contributed by atoms with van der Waals surface area (Å²) in [4.78, 5) is 25.6. The fraction of sp³-hybridized carbons (Fsp3) is 0.619. The molecular formula is C21H31N3O2S. The highest BCUT2D eigenvalue weighted by atomic mass is 32.2. The minimum Gasteiger partial charge on any atom is -0.352 e. The maximum absolute atomic E-state index is 12.8. The van der Waals surface area contributed by atoms with Crippen LogP contribution in [0.4, 0.5) is 0 Å². The van der Waals surface area contributed by atoms with Crippen molar-refractivity contribution < 1.29 is 9.59 Å². The SMILES string of the molecule is CSCC[C@H](NC(=O)[C@H]1Cc2ccccc2CN1)C(=O)NC1CCCCC1. The number of hydrogen-bond acceptors (Lipinski definition) is 4. The lowest BCUT2D eigenvalue weighted by atomic mass is 9.94. The molecule has 2 amide bonds. The van der Waals surface area contributed by atoms with Crippen LogP contribution in [0.3, 0.4) is 0 Å². The van der Waals surface area contributed by atoms with E-state index in [1.165, 1.54) is 30.4 Å². The van der Waals surface area contributed by atoms with Crippen LogP contribution < -0.4 is 16.0 Å². The Morgan fingerprint density at radius 2 is 1.93 bits per heavy atom. The second-order valence-electron chi connectivity index (χ2n) is 7.59. The number of fused-ring (bicyclic) bond motifs is 1. The van der Waals surface area contributed by atoms with Gasteiger partial charge in [0.1, 0.15) is 6.04 Å². The molecule has 1 saturated carbocycles. The van der Waals surface area contributed by atoms with Crippen molar-refractivity contribution in [1.29, 1.82) is 0 Å². The largest absolute Gasteiger partial charge is 0.352 e. The van der Waals surface area contributed by atoms with Gasteiger partial charge in [-0.2, -0.15) is 11.8 Å². The van der Waals surface area contributed by atoms with Crippen LogP contribution in [0.1, 0.15) is 49.7 Å². The van der Waals surface area contributed by atoms with Crippen molar-refractivity contribution >= 4 is 23.6 Å². The quantitative estimate of drug-likeness (QED) is 0.670. The zero-order valence-electron chi connectivity index (χ0n) is 16.1. The lowest BCUT2D eigenvalue weighted by Crippen LogP contribution is -2.55. The summed E-state index contributed by atoms with van der Waals surface area (Å²) >= 11 is 1.70. The lowest BCUT2D eigenvalue weighted by molar-refractivity contribution is -0.130. The molecule has 1 aliphatic heterocycles. The molecule has 0 aromatic heterocycles. The molecule has 1 aromatic rings. The van der Waals surface area contributed by atoms with Crippen LogP contribution in [-0.2, 0) is 22.6 Å². The first-order chi connectivity index (χ1) is 13.2. The second kappa shape index (κ2) is 10.1. The van der Waals surface area contributed by atoms with E-state index >= 15 is 0 Å². The highest BCUT2D eigenvalue weighted by Crippen LogP contribution is 2.18. The van der Waals surface area contributed by atoms with Crippen molar-refractivity contribution in [1.82, 2.24) is 16.0 Å². The van der Waals surface area contributed by atoms with Crippen molar-refractivity contribution in [2.75, 3.05) is 12.0 Å². The molecule has 0 radical (unpaired) electrons. The van der Waals surface area contributed by atoms with Gasteiger partial charge in [-0.25, -0.2) is 0 Å². The molecule has 27 heavy (non-hydrogen) atoms. The molecule has 1 aromatic carbocycles. The van der Waals surface area contributed by atoms with E-state index in [1.807, 2.05) is 18.4 Å². The third-order valence-corrected chi connectivity index (χ3v) is 6.24. The summed E-state index contributed by atoms with van der Waals surface area (Å²) in [5.41, 5.74) is 2.46. The normalized spacial score (nSPS) is 21.1. The van der Waals surface area contributed by atoms with Gasteiger partial charge in [0.15, 0.2) is 0 Å². The Morgan fingerprint density at radius 1 is 1.19 bits per heavy atom. The highest BCUT2D eigenvalue weighted by molar-refractivity contribution is 7.98. The summed E-state index contributed by atoms with van der Waals surface area (Å²) in [6.45, 7) is 0.692. The lowest BCUT2D eigenvalue weighted by Gasteiger charge is -2.29. The number of hydrogen-bond donors (Lipinski definition) is 3. The van der Waals surface area contributed by atoms with Gasteiger partial charge in [-0.15, -0.1) is 0 Å². The van der Waals surface area contributed by atoms with E-state index in [0.717, 1.165) is 18.6 Å². The van der Waals surface area contributed by atoms with E-state index in [-0.39, 0.29) is 23.9 Å². The van der Waals surface area contributed by atoms with Gasteiger partial charge in [-0.3, -0.25) is 9.59 Å². The first-order valence-corrected chi connectivity index (χ1v) is 11.5. The topological polar surface area (TPSA) is 70.2 Å². The monoisotopic (exact) mass is 389 g/mol. The minimum absolute atomic E-state index is 0.0273. The van der Waals surface area contributed by atoms with Gasteiger partial charge in [-0.1, -0.05) is 43.5 Å². The van der Waals surface area contributed by atoms with E-state index in [9.17, 15) is 9.59 Å². The predicted octanol–water partition coefficient (Wildman–Crippen LogP) is 2.39. The molecule has 3 N–H and O–H groups in total. The van der Waals surface area contributed by atoms with Crippen LogP contribution in [0.5, 0.6) is 0 Å². The van der Waals surface area contributed by atoms with Crippen LogP contribution in [0, 0.1) is 0 Å². The molecule has 6 heteroatoms. The van der Waals surface area contributed by atoms with Crippen LogP contribution in [-0.4, -0.2) is 41.9 Å². The Hall–Kier alpha value is -1.53. The maximum Gasteiger partial charge on any atom is 0.242 e. The van der Waals surface area contributed by atoms with E-state index in [4.69, 9.17) is 0 Å². The standard InChI is InChI=1S/C21H31N3O2S/c1-27-12-11-18(20(25)23-17-9-3-2-4-10-17)24-21(26)19-13-15-7-5-6-8-16(15)14-22-19/h5-8,17-19,22H,2-4,9-14H2,1H3,(H,23,25)(H,24,26)/t18-,19+/m0/s1. The number of benzene rings is 1. The second-order valence-corrected chi connectivity index (χ2v) is 8.58. The summed E-state index contributed by atoms with van der Waals surface area (Å²) < 4.78 is 0. The summed E-state index contributed by atoms with van der Waals surface area (Å²) in [6, 6.07) is 7.74. The average molecular weight is 390 g/mol. The number of carbonyl (C=O) groups is 2. The molecule has 0 bridgehead atoms. The van der Waals surface area contributed by atoms with Crippen molar-refractivity contribution in [3.8, 4) is 0 Å². The van der Waals surface area contributed by atoms with Gasteiger partial charge >= 0.3 is 0 Å². The van der Waals surface area contributed by atoms with Crippen molar-refractivity contribution in [3.05, 3.63) is 35.4 Å². The highest BCUT2D eigenvalue weighted by Gasteiger charge is 2.29. The zero-order chi connectivity index (χ0) is 19.1. The molecule has 1 heterocycles. The molecule has 3 rings (SSSR count). The van der Waals surface area contributed by atoms with Gasteiger partial charge in [0.25, 0.3) is 0 Å². The Kier molecular flexibility index (Phi) is 7.59. The van der Waals surface area contributed by atoms with Gasteiger partial charge in [0.2, 0.25) is 11.8 Å². The Bertz CT molecular complexity index is 646. The van der Waals surface area contributed by atoms with Gasteiger partial charge in [0, 0.05) is 12.6 Å². The van der Waals surface area contributed by atoms with Crippen LogP contribution in [0.2, 0.25) is 0 Å². The third kappa shape index (κ3) is 5.72. The molecular weight excluding hydrogens is 358 g/mol. The van der Waals surface area contributed by atoms with E-state index in [1.54, 1.807) is 11.8 Å². The number of thioether (sulfide) groups is 1. The fourth-order valence-corrected chi connectivity index (χ4v) is 4.44. The van der Waals surface area contributed by atoms with Gasteiger partial charge in [0.05, 0.1) is 6.04 Å². The minimum atomic E-state index is -0.453. The van der Waals surface area contributed by atoms with Crippen molar-refractivity contribution in [3.63, 3.8) is 0 Å². The molecule has 0 unspecified atom stereocenters. The number of nitrogens with one attached hydrogen (secondary N) is 3. The molecule has 1 aliphatic carbocycles. The molecule has 5 nitrogen and oxygen atoms in total. The Morgan fingerprint density at radius 3 is 2.67 bits per heavy atom. The number of carbonyl (C=O) groups excluding carboxylic acids is 2. The van der Waals surface area contributed by atoms with E-state index < -0.39 is 6.04 Å². The number of amides is 2. The average Bonchev–Trinajstić information content (AvgIpc) is 2.71. The molecule has 1 fully saturated rings. The Balaban J connectivity index is 1.58. The van der Waals surface area contributed by atoms with E-state index in [2.05, 4.69) is 28.1 Å². The van der Waals surface area contributed by atoms with Crippen LogP contribution >= 0.6 is 11.8 Å². The van der Waals surface area contributed by atoms with Crippen LogP contribution in [0.25, 0.3) is 0 Å². The Labute approximate surface area is 166 Å². The molecule has 0 spiro atoms. The molecule has 0 saturated heterocycles.